The number of carbonyl (C=O) groups excluding carboxylic acids is 1. The normalized spacial score (nSPS) is 11.5. The number of hydrogen-bond donors (Lipinski definition) is 2. The summed E-state index contributed by atoms with van der Waals surface area (Å²) in [6.07, 6.45) is 6.87. The van der Waals surface area contributed by atoms with Gasteiger partial charge in [0.25, 0.3) is 5.91 Å². The Kier molecular flexibility index (Phi) is 5.15. The summed E-state index contributed by atoms with van der Waals surface area (Å²) in [5.74, 6) is -0.0784. The zero-order chi connectivity index (χ0) is 20.2. The van der Waals surface area contributed by atoms with E-state index in [4.69, 9.17) is 5.73 Å². The molecule has 0 saturated carbocycles. The molecule has 0 atom stereocenters. The summed E-state index contributed by atoms with van der Waals surface area (Å²) in [5, 5.41) is 7.36. The van der Waals surface area contributed by atoms with Crippen molar-refractivity contribution in [1.82, 2.24) is 24.9 Å². The number of nitrogen functional groups attached to an aromatic ring is 1. The van der Waals surface area contributed by atoms with Crippen molar-refractivity contribution in [2.45, 2.75) is 19.8 Å². The number of nitrogens with one attached hydrogen (secondary N) is 1. The fourth-order valence-electron chi connectivity index (χ4n) is 3.03. The number of amides is 1. The van der Waals surface area contributed by atoms with E-state index in [9.17, 15) is 4.79 Å². The molecule has 0 bridgehead atoms. The van der Waals surface area contributed by atoms with Crippen LogP contribution < -0.4 is 11.1 Å². The van der Waals surface area contributed by atoms with Gasteiger partial charge in [-0.2, -0.15) is 9.78 Å². The van der Waals surface area contributed by atoms with Gasteiger partial charge in [0, 0.05) is 24.5 Å². The number of anilines is 1. The highest BCUT2D eigenvalue weighted by Gasteiger charge is 2.23. The Bertz CT molecular complexity index is 1200. The van der Waals surface area contributed by atoms with Crippen LogP contribution in [0.25, 0.3) is 22.2 Å². The van der Waals surface area contributed by atoms with Gasteiger partial charge >= 0.3 is 0 Å². The number of para-hydroxylation sites is 2. The van der Waals surface area contributed by atoms with Crippen LogP contribution in [-0.4, -0.2) is 38.3 Å². The average molecular weight is 387 g/mol. The van der Waals surface area contributed by atoms with Crippen molar-refractivity contribution in [1.29, 1.82) is 0 Å². The van der Waals surface area contributed by atoms with Gasteiger partial charge in [-0.1, -0.05) is 31.5 Å². The van der Waals surface area contributed by atoms with Gasteiger partial charge in [-0.25, -0.2) is 9.97 Å². The maximum Gasteiger partial charge on any atom is 0.257 e. The first-order valence-corrected chi connectivity index (χ1v) is 9.48. The third-order valence-corrected chi connectivity index (χ3v) is 4.52. The van der Waals surface area contributed by atoms with Crippen LogP contribution in [0.1, 0.15) is 35.7 Å². The molecule has 3 aromatic heterocycles. The number of nitrogens with two attached hydrogens (primary N) is 1. The molecule has 0 aliphatic rings. The summed E-state index contributed by atoms with van der Waals surface area (Å²) in [6.45, 7) is 2.64. The Morgan fingerprint density at radius 1 is 1.21 bits per heavy atom. The Morgan fingerprint density at radius 2 is 2.00 bits per heavy atom. The smallest absolute Gasteiger partial charge is 0.257 e. The van der Waals surface area contributed by atoms with Crippen molar-refractivity contribution in [3.8, 4) is 0 Å². The Labute approximate surface area is 167 Å². The predicted molar refractivity (Wildman–Crippen MR) is 114 cm³/mol. The lowest BCUT2D eigenvalue weighted by Gasteiger charge is -2.04. The van der Waals surface area contributed by atoms with E-state index in [1.807, 2.05) is 36.4 Å². The van der Waals surface area contributed by atoms with Gasteiger partial charge in [-0.15, -0.1) is 0 Å². The lowest BCUT2D eigenvalue weighted by molar-refractivity contribution is 0.0955. The van der Waals surface area contributed by atoms with Gasteiger partial charge in [-0.05, 0) is 24.6 Å². The molecule has 0 fully saturated rings. The monoisotopic (exact) mass is 387 g/mol. The van der Waals surface area contributed by atoms with Crippen LogP contribution in [0.5, 0.6) is 0 Å². The minimum atomic E-state index is -0.277. The van der Waals surface area contributed by atoms with Crippen molar-refractivity contribution in [3.63, 3.8) is 0 Å². The molecule has 0 aliphatic carbocycles. The second kappa shape index (κ2) is 8.05. The summed E-state index contributed by atoms with van der Waals surface area (Å²) < 4.78 is 1.45. The van der Waals surface area contributed by atoms with Crippen LogP contribution in [0.4, 0.5) is 5.82 Å². The first-order valence-electron chi connectivity index (χ1n) is 9.48. The molecule has 0 aliphatic heterocycles. The molecule has 0 radical (unpaired) electrons. The molecular weight excluding hydrogens is 366 g/mol. The molecule has 8 nitrogen and oxygen atoms in total. The first kappa shape index (κ1) is 18.5. The van der Waals surface area contributed by atoms with E-state index in [0.717, 1.165) is 18.4 Å². The zero-order valence-electron chi connectivity index (χ0n) is 16.0. The summed E-state index contributed by atoms with van der Waals surface area (Å²) in [7, 11) is 0. The van der Waals surface area contributed by atoms with Crippen LogP contribution in [0.2, 0.25) is 0 Å². The van der Waals surface area contributed by atoms with E-state index in [-0.39, 0.29) is 17.3 Å². The van der Waals surface area contributed by atoms with Crippen LogP contribution >= 0.6 is 0 Å². The van der Waals surface area contributed by atoms with Crippen molar-refractivity contribution < 1.29 is 4.79 Å². The number of pyridine rings is 1. The van der Waals surface area contributed by atoms with Crippen LogP contribution in [0.15, 0.2) is 53.9 Å². The quantitative estimate of drug-likeness (QED) is 0.390. The predicted octanol–water partition coefficient (Wildman–Crippen LogP) is 2.97. The molecule has 1 aromatic carbocycles. The first-order chi connectivity index (χ1) is 14.2. The van der Waals surface area contributed by atoms with E-state index in [1.165, 1.54) is 4.68 Å². The third-order valence-electron chi connectivity index (χ3n) is 4.52. The Hall–Kier alpha value is -3.81. The van der Waals surface area contributed by atoms with E-state index in [2.05, 4.69) is 32.3 Å². The highest BCUT2D eigenvalue weighted by atomic mass is 16.1. The van der Waals surface area contributed by atoms with Crippen molar-refractivity contribution in [2.24, 2.45) is 5.10 Å². The molecule has 0 spiro atoms. The van der Waals surface area contributed by atoms with Gasteiger partial charge in [0.2, 0.25) is 0 Å². The number of unbranched alkanes of at least 4 members (excludes halogenated alkanes) is 1. The number of benzene rings is 1. The lowest BCUT2D eigenvalue weighted by atomic mass is 10.2. The van der Waals surface area contributed by atoms with Gasteiger partial charge < -0.3 is 11.1 Å². The molecule has 4 rings (SSSR count). The number of aromatic nitrogens is 4. The maximum absolute atomic E-state index is 12.8. The van der Waals surface area contributed by atoms with Gasteiger partial charge in [-0.3, -0.25) is 9.78 Å². The van der Waals surface area contributed by atoms with Crippen LogP contribution in [0, 0.1) is 0 Å². The second-order valence-corrected chi connectivity index (χ2v) is 6.60. The highest BCUT2D eigenvalue weighted by molar-refractivity contribution is 6.10. The van der Waals surface area contributed by atoms with Crippen molar-refractivity contribution >= 4 is 40.1 Å². The Morgan fingerprint density at radius 3 is 2.72 bits per heavy atom. The minimum Gasteiger partial charge on any atom is -0.383 e. The Balaban J connectivity index is 1.87. The van der Waals surface area contributed by atoms with E-state index >= 15 is 0 Å². The second-order valence-electron chi connectivity index (χ2n) is 6.60. The molecular formula is C21H21N7O. The largest absolute Gasteiger partial charge is 0.383 e. The summed E-state index contributed by atoms with van der Waals surface area (Å²) in [4.78, 5) is 26.2. The van der Waals surface area contributed by atoms with Crippen molar-refractivity contribution in [3.05, 3.63) is 59.9 Å². The fourth-order valence-corrected chi connectivity index (χ4v) is 3.03. The molecule has 0 unspecified atom stereocenters. The molecule has 0 saturated heterocycles. The highest BCUT2D eigenvalue weighted by Crippen LogP contribution is 2.27. The summed E-state index contributed by atoms with van der Waals surface area (Å²) in [5.41, 5.74) is 9.69. The zero-order valence-corrected chi connectivity index (χ0v) is 16.0. The fraction of sp³-hybridized carbons (Fsp3) is 0.190. The summed E-state index contributed by atoms with van der Waals surface area (Å²) >= 11 is 0. The van der Waals surface area contributed by atoms with E-state index in [0.29, 0.717) is 28.7 Å². The summed E-state index contributed by atoms with van der Waals surface area (Å²) in [6, 6.07) is 11.2. The number of carbonyl (C=O) groups is 1. The number of hydrogen-bond acceptors (Lipinski definition) is 6. The van der Waals surface area contributed by atoms with Crippen LogP contribution in [-0.2, 0) is 0 Å². The maximum atomic E-state index is 12.8. The SMILES string of the molecule is CCCCNC(=O)c1c(N)n(/N=C\c2cccnc2)c2nc3ccccc3nc12. The van der Waals surface area contributed by atoms with Gasteiger partial charge in [0.15, 0.2) is 5.65 Å². The molecule has 1 amide bonds. The molecule has 3 heterocycles. The minimum absolute atomic E-state index is 0.199. The third kappa shape index (κ3) is 3.64. The van der Waals surface area contributed by atoms with Gasteiger partial charge in [0.1, 0.15) is 16.9 Å². The molecule has 146 valence electrons. The number of nitrogens with zero attached hydrogens (tertiary/aromatic N) is 5. The molecule has 29 heavy (non-hydrogen) atoms. The molecule has 3 N–H and O–H groups in total. The lowest BCUT2D eigenvalue weighted by Crippen LogP contribution is -2.25. The topological polar surface area (TPSA) is 111 Å². The van der Waals surface area contributed by atoms with Crippen molar-refractivity contribution in [2.75, 3.05) is 12.3 Å². The standard InChI is InChI=1S/C21H21N7O/c1-2-3-11-24-21(29)17-18-20(27-16-9-5-4-8-15(16)26-18)28(19(17)22)25-13-14-7-6-10-23-12-14/h4-10,12-13H,2-3,11,22H2,1H3,(H,24,29)/b25-13-. The number of rotatable bonds is 6. The van der Waals surface area contributed by atoms with E-state index in [1.54, 1.807) is 18.6 Å². The molecule has 8 heteroatoms. The van der Waals surface area contributed by atoms with Crippen LogP contribution in [0.3, 0.4) is 0 Å². The van der Waals surface area contributed by atoms with E-state index < -0.39 is 0 Å². The molecule has 4 aromatic rings. The number of fused-ring (bicyclic) bond motifs is 2. The van der Waals surface area contributed by atoms with Gasteiger partial charge in [0.05, 0.1) is 17.2 Å². The average Bonchev–Trinajstić information content (AvgIpc) is 3.01.